The van der Waals surface area contributed by atoms with E-state index in [9.17, 15) is 9.00 Å². The first-order chi connectivity index (χ1) is 19.3. The van der Waals surface area contributed by atoms with Gasteiger partial charge in [0.15, 0.2) is 5.43 Å². The number of hydrogen-bond donors (Lipinski definition) is 0. The third-order valence-electron chi connectivity index (χ3n) is 7.12. The molecule has 0 aliphatic carbocycles. The lowest BCUT2D eigenvalue weighted by molar-refractivity contribution is 0.647. The fraction of sp³-hybridized carbons (Fsp3) is 0.457. The van der Waals surface area contributed by atoms with Crippen LogP contribution in [-0.2, 0) is 17.2 Å². The van der Waals surface area contributed by atoms with Gasteiger partial charge in [0.2, 0.25) is 0 Å². The van der Waals surface area contributed by atoms with Crippen molar-refractivity contribution in [3.8, 4) is 22.3 Å². The van der Waals surface area contributed by atoms with Gasteiger partial charge in [0, 0.05) is 53.8 Å². The minimum absolute atomic E-state index is 0.0340. The van der Waals surface area contributed by atoms with E-state index in [2.05, 4.69) is 45.1 Å². The number of unbranched alkanes of at least 4 members (excludes halogenated alkanes) is 6. The number of pyridine rings is 1. The topological polar surface area (TPSA) is 42.3 Å². The second kappa shape index (κ2) is 16.4. The van der Waals surface area contributed by atoms with Crippen molar-refractivity contribution in [1.82, 2.24) is 4.68 Å². The van der Waals surface area contributed by atoms with Crippen molar-refractivity contribution in [3.63, 3.8) is 0 Å². The summed E-state index contributed by atoms with van der Waals surface area (Å²) in [5.74, 6) is 1.13. The van der Waals surface area contributed by atoms with Gasteiger partial charge in [-0.15, -0.1) is 0 Å². The molecule has 4 nitrogen and oxygen atoms in total. The number of nitrogens with zero attached hydrogens (tertiary/aromatic N) is 2. The van der Waals surface area contributed by atoms with Crippen molar-refractivity contribution in [2.24, 2.45) is 5.92 Å². The van der Waals surface area contributed by atoms with Gasteiger partial charge in [-0.3, -0.25) is 13.7 Å². The molecule has 1 unspecified atom stereocenters. The zero-order valence-corrected chi connectivity index (χ0v) is 26.0. The molecule has 3 aromatic rings. The molecule has 40 heavy (non-hydrogen) atoms. The summed E-state index contributed by atoms with van der Waals surface area (Å²) < 4.78 is 15.4. The lowest BCUT2D eigenvalue weighted by Crippen LogP contribution is -2.27. The van der Waals surface area contributed by atoms with Crippen molar-refractivity contribution in [2.45, 2.75) is 83.5 Å². The Labute approximate surface area is 244 Å². The van der Waals surface area contributed by atoms with Gasteiger partial charge in [-0.2, -0.15) is 0 Å². The van der Waals surface area contributed by atoms with Crippen LogP contribution in [-0.4, -0.2) is 28.7 Å². The minimum Gasteiger partial charge on any atom is -0.319 e. The van der Waals surface area contributed by atoms with E-state index >= 15 is 0 Å². The highest BCUT2D eigenvalue weighted by Crippen LogP contribution is 2.27. The fourth-order valence-electron chi connectivity index (χ4n) is 4.95. The Balaban J connectivity index is 1.81. The molecule has 0 spiro atoms. The zero-order chi connectivity index (χ0) is 28.9. The summed E-state index contributed by atoms with van der Waals surface area (Å²) in [6.07, 6.45) is 18.6. The molecule has 0 radical (unpaired) electrons. The molecule has 1 atom stereocenters. The highest BCUT2D eigenvalue weighted by Gasteiger charge is 2.18. The lowest BCUT2D eigenvalue weighted by atomic mass is 9.97. The van der Waals surface area contributed by atoms with Crippen LogP contribution in [0.3, 0.4) is 0 Å². The molecule has 216 valence electrons. The molecule has 3 rings (SSSR count). The largest absolute Gasteiger partial charge is 0.319 e. The van der Waals surface area contributed by atoms with Gasteiger partial charge in [-0.25, -0.2) is 0 Å². The van der Waals surface area contributed by atoms with E-state index in [1.165, 1.54) is 31.2 Å². The second-order valence-corrected chi connectivity index (χ2v) is 12.8. The van der Waals surface area contributed by atoms with Crippen molar-refractivity contribution in [3.05, 3.63) is 88.9 Å². The molecule has 1 aromatic heterocycles. The van der Waals surface area contributed by atoms with E-state index < -0.39 is 10.8 Å². The Bertz CT molecular complexity index is 1320. The SMILES string of the molecule is CCCCCC/C=C/CCCCS(=O)c1ccccc1-c1cn(N(C)C)cc(-c2cccc(CC(C)C)c2)c1=O. The Morgan fingerprint density at radius 1 is 0.850 bits per heavy atom. The predicted molar refractivity (Wildman–Crippen MR) is 173 cm³/mol. The van der Waals surface area contributed by atoms with E-state index in [1.54, 1.807) is 0 Å². The van der Waals surface area contributed by atoms with E-state index in [1.807, 2.05) is 72.6 Å². The summed E-state index contributed by atoms with van der Waals surface area (Å²) in [4.78, 5) is 14.7. The second-order valence-electron chi connectivity index (χ2n) is 11.3. The molecule has 0 saturated carbocycles. The average Bonchev–Trinajstić information content (AvgIpc) is 2.93. The van der Waals surface area contributed by atoms with Gasteiger partial charge in [-0.1, -0.05) is 94.7 Å². The molecule has 1 heterocycles. The minimum atomic E-state index is -1.18. The number of hydrogen-bond acceptors (Lipinski definition) is 3. The summed E-state index contributed by atoms with van der Waals surface area (Å²) in [5.41, 5.74) is 4.09. The lowest BCUT2D eigenvalue weighted by Gasteiger charge is -2.20. The quantitative estimate of drug-likeness (QED) is 0.131. The summed E-state index contributed by atoms with van der Waals surface area (Å²) in [6.45, 7) is 6.65. The molecule has 2 aromatic carbocycles. The van der Waals surface area contributed by atoms with Gasteiger partial charge < -0.3 is 5.01 Å². The first-order valence-corrected chi connectivity index (χ1v) is 16.3. The van der Waals surface area contributed by atoms with Crippen LogP contribution in [0.25, 0.3) is 22.3 Å². The van der Waals surface area contributed by atoms with Crippen LogP contribution in [0.4, 0.5) is 0 Å². The molecular formula is C35H48N2O2S. The van der Waals surface area contributed by atoms with Crippen LogP contribution in [0.15, 0.2) is 82.8 Å². The predicted octanol–water partition coefficient (Wildman–Crippen LogP) is 8.38. The first kappa shape index (κ1) is 31.6. The normalized spacial score (nSPS) is 12.3. The van der Waals surface area contributed by atoms with E-state index in [0.717, 1.165) is 48.1 Å². The third-order valence-corrected chi connectivity index (χ3v) is 8.63. The maximum absolute atomic E-state index is 14.0. The molecule has 0 fully saturated rings. The van der Waals surface area contributed by atoms with Crippen LogP contribution in [0.5, 0.6) is 0 Å². The number of allylic oxidation sites excluding steroid dienone is 2. The zero-order valence-electron chi connectivity index (χ0n) is 25.2. The molecule has 0 amide bonds. The Kier molecular flexibility index (Phi) is 12.9. The highest BCUT2D eigenvalue weighted by molar-refractivity contribution is 7.85. The number of rotatable bonds is 16. The highest BCUT2D eigenvalue weighted by atomic mass is 32.2. The summed E-state index contributed by atoms with van der Waals surface area (Å²) >= 11 is 0. The number of aromatic nitrogens is 1. The Hall–Kier alpha value is -2.92. The molecule has 5 heteroatoms. The van der Waals surface area contributed by atoms with Crippen molar-refractivity contribution < 1.29 is 4.21 Å². The van der Waals surface area contributed by atoms with Crippen LogP contribution in [0, 0.1) is 5.92 Å². The Morgan fingerprint density at radius 3 is 2.25 bits per heavy atom. The van der Waals surface area contributed by atoms with Gasteiger partial charge in [0.05, 0.1) is 10.8 Å². The smallest absolute Gasteiger partial charge is 0.197 e. The van der Waals surface area contributed by atoms with Crippen LogP contribution in [0.1, 0.15) is 77.7 Å². The monoisotopic (exact) mass is 560 g/mol. The summed E-state index contributed by atoms with van der Waals surface area (Å²) in [5, 5.41) is 1.95. The van der Waals surface area contributed by atoms with Crippen molar-refractivity contribution in [2.75, 3.05) is 24.9 Å². The van der Waals surface area contributed by atoms with Crippen molar-refractivity contribution >= 4 is 10.8 Å². The van der Waals surface area contributed by atoms with Crippen molar-refractivity contribution in [1.29, 1.82) is 0 Å². The summed E-state index contributed by atoms with van der Waals surface area (Å²) in [7, 11) is 2.73. The van der Waals surface area contributed by atoms with Gasteiger partial charge >= 0.3 is 0 Å². The fourth-order valence-corrected chi connectivity index (χ4v) is 6.29. The van der Waals surface area contributed by atoms with Crippen LogP contribution in [0.2, 0.25) is 0 Å². The van der Waals surface area contributed by atoms with E-state index in [0.29, 0.717) is 22.8 Å². The summed E-state index contributed by atoms with van der Waals surface area (Å²) in [6, 6.07) is 16.0. The first-order valence-electron chi connectivity index (χ1n) is 15.0. The average molecular weight is 561 g/mol. The maximum Gasteiger partial charge on any atom is 0.197 e. The van der Waals surface area contributed by atoms with E-state index in [-0.39, 0.29) is 5.43 Å². The maximum atomic E-state index is 14.0. The number of benzene rings is 2. The molecule has 0 N–H and O–H groups in total. The van der Waals surface area contributed by atoms with Gasteiger partial charge in [0.1, 0.15) is 0 Å². The molecular weight excluding hydrogens is 512 g/mol. The molecule has 0 aliphatic heterocycles. The third kappa shape index (κ3) is 9.33. The van der Waals surface area contributed by atoms with Gasteiger partial charge in [-0.05, 0) is 61.6 Å². The van der Waals surface area contributed by atoms with Crippen LogP contribution >= 0.6 is 0 Å². The molecule has 0 saturated heterocycles. The van der Waals surface area contributed by atoms with Gasteiger partial charge in [0.25, 0.3) is 0 Å². The molecule has 0 bridgehead atoms. The van der Waals surface area contributed by atoms with Crippen LogP contribution < -0.4 is 10.4 Å². The molecule has 0 aliphatic rings. The standard InChI is InChI=1S/C35H48N2O2S/c1-6-7-8-9-10-11-12-13-14-17-23-40(39)34-22-16-15-21-31(34)33-27-37(36(4)5)26-32(35(33)38)30-20-18-19-29(25-30)24-28(2)3/h11-12,15-16,18-22,25-28H,6-10,13-14,17,23-24H2,1-5H3/b12-11+. The Morgan fingerprint density at radius 2 is 1.55 bits per heavy atom. The van der Waals surface area contributed by atoms with E-state index in [4.69, 9.17) is 0 Å².